The molecular formula is C17H26N2O2. The van der Waals surface area contributed by atoms with E-state index in [1.807, 2.05) is 7.05 Å². The third kappa shape index (κ3) is 3.63. The fourth-order valence-electron chi connectivity index (χ4n) is 2.76. The molecule has 21 heavy (non-hydrogen) atoms. The van der Waals surface area contributed by atoms with Crippen molar-refractivity contribution in [1.29, 1.82) is 0 Å². The number of carbonyl (C=O) groups excluding carboxylic acids is 1. The predicted molar refractivity (Wildman–Crippen MR) is 84.4 cm³/mol. The number of hydrogen-bond acceptors (Lipinski definition) is 3. The summed E-state index contributed by atoms with van der Waals surface area (Å²) in [6.45, 7) is 6.05. The van der Waals surface area contributed by atoms with Gasteiger partial charge in [-0.2, -0.15) is 0 Å². The van der Waals surface area contributed by atoms with Crippen LogP contribution in [0.15, 0.2) is 24.3 Å². The number of aryl methyl sites for hydroxylation is 1. The van der Waals surface area contributed by atoms with Gasteiger partial charge < -0.3 is 15.4 Å². The lowest BCUT2D eigenvalue weighted by atomic mass is 9.73. The molecule has 1 fully saturated rings. The van der Waals surface area contributed by atoms with Crippen LogP contribution in [0.4, 0.5) is 0 Å². The first-order valence-electron chi connectivity index (χ1n) is 7.69. The Bertz CT molecular complexity index is 464. The lowest BCUT2D eigenvalue weighted by Crippen LogP contribution is -2.50. The average Bonchev–Trinajstić information content (AvgIpc) is 2.53. The van der Waals surface area contributed by atoms with Crippen LogP contribution in [-0.2, 0) is 14.9 Å². The molecule has 0 aromatic heterocycles. The van der Waals surface area contributed by atoms with E-state index in [1.165, 1.54) is 5.56 Å². The van der Waals surface area contributed by atoms with Gasteiger partial charge in [0.05, 0.1) is 5.41 Å². The summed E-state index contributed by atoms with van der Waals surface area (Å²) in [5.74, 6) is 0.122. The fourth-order valence-corrected chi connectivity index (χ4v) is 2.76. The van der Waals surface area contributed by atoms with Gasteiger partial charge >= 0.3 is 0 Å². The van der Waals surface area contributed by atoms with E-state index in [0.717, 1.165) is 18.4 Å². The molecule has 2 rings (SSSR count). The van der Waals surface area contributed by atoms with Crippen molar-refractivity contribution in [3.05, 3.63) is 35.4 Å². The van der Waals surface area contributed by atoms with Gasteiger partial charge in [-0.3, -0.25) is 4.79 Å². The number of likely N-dealkylation sites (N-methyl/N-ethyl adjacent to an activating group) is 1. The number of nitrogens with one attached hydrogen (secondary N) is 2. The SMILES string of the molecule is CNC(C)CNC(=O)C1(c2ccc(C)cc2)CCOCC1. The normalized spacial score (nSPS) is 19.0. The van der Waals surface area contributed by atoms with E-state index in [2.05, 4.69) is 48.7 Å². The monoisotopic (exact) mass is 290 g/mol. The number of carbonyl (C=O) groups is 1. The van der Waals surface area contributed by atoms with Crippen LogP contribution in [-0.4, -0.2) is 38.8 Å². The summed E-state index contributed by atoms with van der Waals surface area (Å²) < 4.78 is 5.47. The number of benzene rings is 1. The van der Waals surface area contributed by atoms with Crippen molar-refractivity contribution in [2.75, 3.05) is 26.8 Å². The molecule has 0 aliphatic carbocycles. The van der Waals surface area contributed by atoms with Crippen LogP contribution < -0.4 is 10.6 Å². The largest absolute Gasteiger partial charge is 0.381 e. The predicted octanol–water partition coefficient (Wildman–Crippen LogP) is 1.77. The minimum absolute atomic E-state index is 0.122. The quantitative estimate of drug-likeness (QED) is 0.869. The van der Waals surface area contributed by atoms with E-state index in [-0.39, 0.29) is 11.9 Å². The van der Waals surface area contributed by atoms with Gasteiger partial charge in [0.2, 0.25) is 5.91 Å². The van der Waals surface area contributed by atoms with Crippen LogP contribution >= 0.6 is 0 Å². The summed E-state index contributed by atoms with van der Waals surface area (Å²) in [6, 6.07) is 8.60. The molecule has 1 atom stereocenters. The minimum atomic E-state index is -0.445. The van der Waals surface area contributed by atoms with Gasteiger partial charge in [0.15, 0.2) is 0 Å². The van der Waals surface area contributed by atoms with Gasteiger partial charge in [-0.05, 0) is 39.3 Å². The van der Waals surface area contributed by atoms with Crippen molar-refractivity contribution in [3.8, 4) is 0 Å². The van der Waals surface area contributed by atoms with Crippen LogP contribution in [0.2, 0.25) is 0 Å². The second kappa shape index (κ2) is 7.05. The highest BCUT2D eigenvalue weighted by atomic mass is 16.5. The summed E-state index contributed by atoms with van der Waals surface area (Å²) in [5, 5.41) is 6.24. The molecule has 4 nitrogen and oxygen atoms in total. The highest BCUT2D eigenvalue weighted by Gasteiger charge is 2.41. The van der Waals surface area contributed by atoms with Gasteiger partial charge in [-0.1, -0.05) is 29.8 Å². The lowest BCUT2D eigenvalue weighted by molar-refractivity contribution is -0.130. The second-order valence-corrected chi connectivity index (χ2v) is 5.96. The Hall–Kier alpha value is -1.39. The molecule has 0 spiro atoms. The summed E-state index contributed by atoms with van der Waals surface area (Å²) >= 11 is 0. The first kappa shape index (κ1) is 16.0. The molecule has 1 aliphatic heterocycles. The Balaban J connectivity index is 2.20. The van der Waals surface area contributed by atoms with Crippen LogP contribution in [0.25, 0.3) is 0 Å². The fraction of sp³-hybridized carbons (Fsp3) is 0.588. The zero-order valence-electron chi connectivity index (χ0n) is 13.2. The number of ether oxygens (including phenoxy) is 1. The van der Waals surface area contributed by atoms with E-state index in [1.54, 1.807) is 0 Å². The second-order valence-electron chi connectivity index (χ2n) is 5.96. The van der Waals surface area contributed by atoms with Gasteiger partial charge in [0.1, 0.15) is 0 Å². The van der Waals surface area contributed by atoms with Crippen LogP contribution in [0.5, 0.6) is 0 Å². The lowest BCUT2D eigenvalue weighted by Gasteiger charge is -2.36. The topological polar surface area (TPSA) is 50.4 Å². The smallest absolute Gasteiger partial charge is 0.230 e. The number of rotatable bonds is 5. The summed E-state index contributed by atoms with van der Waals surface area (Å²) in [6.07, 6.45) is 1.49. The highest BCUT2D eigenvalue weighted by molar-refractivity contribution is 5.88. The summed E-state index contributed by atoms with van der Waals surface area (Å²) in [4.78, 5) is 12.8. The molecule has 1 aromatic carbocycles. The molecule has 1 unspecified atom stereocenters. The minimum Gasteiger partial charge on any atom is -0.381 e. The van der Waals surface area contributed by atoms with Gasteiger partial charge in [0, 0.05) is 25.8 Å². The van der Waals surface area contributed by atoms with Crippen LogP contribution in [0.3, 0.4) is 0 Å². The molecular weight excluding hydrogens is 264 g/mol. The molecule has 1 saturated heterocycles. The van der Waals surface area contributed by atoms with Crippen molar-refractivity contribution in [1.82, 2.24) is 10.6 Å². The van der Waals surface area contributed by atoms with Crippen molar-refractivity contribution < 1.29 is 9.53 Å². The molecule has 2 N–H and O–H groups in total. The molecule has 1 aliphatic rings. The maximum atomic E-state index is 12.8. The van der Waals surface area contributed by atoms with Crippen molar-refractivity contribution >= 4 is 5.91 Å². The molecule has 1 heterocycles. The van der Waals surface area contributed by atoms with E-state index in [9.17, 15) is 4.79 Å². The van der Waals surface area contributed by atoms with Crippen LogP contribution in [0.1, 0.15) is 30.9 Å². The van der Waals surface area contributed by atoms with Gasteiger partial charge in [-0.15, -0.1) is 0 Å². The van der Waals surface area contributed by atoms with Crippen molar-refractivity contribution in [2.24, 2.45) is 0 Å². The number of hydrogen-bond donors (Lipinski definition) is 2. The Kier molecular flexibility index (Phi) is 5.37. The zero-order valence-corrected chi connectivity index (χ0v) is 13.2. The first-order chi connectivity index (χ1) is 10.1. The van der Waals surface area contributed by atoms with Gasteiger partial charge in [-0.25, -0.2) is 0 Å². The third-order valence-corrected chi connectivity index (χ3v) is 4.45. The molecule has 0 saturated carbocycles. The number of amides is 1. The molecule has 0 bridgehead atoms. The van der Waals surface area contributed by atoms with E-state index in [0.29, 0.717) is 19.8 Å². The molecule has 0 radical (unpaired) electrons. The van der Waals surface area contributed by atoms with E-state index >= 15 is 0 Å². The Morgan fingerprint density at radius 2 is 1.90 bits per heavy atom. The van der Waals surface area contributed by atoms with E-state index < -0.39 is 5.41 Å². The maximum absolute atomic E-state index is 12.8. The summed E-state index contributed by atoms with van der Waals surface area (Å²) in [7, 11) is 1.90. The average molecular weight is 290 g/mol. The Morgan fingerprint density at radius 1 is 1.29 bits per heavy atom. The Labute approximate surface area is 127 Å². The molecule has 1 aromatic rings. The van der Waals surface area contributed by atoms with Crippen molar-refractivity contribution in [2.45, 2.75) is 38.1 Å². The molecule has 1 amide bonds. The van der Waals surface area contributed by atoms with Crippen molar-refractivity contribution in [3.63, 3.8) is 0 Å². The third-order valence-electron chi connectivity index (χ3n) is 4.45. The Morgan fingerprint density at radius 3 is 2.48 bits per heavy atom. The first-order valence-corrected chi connectivity index (χ1v) is 7.69. The maximum Gasteiger partial charge on any atom is 0.230 e. The molecule has 116 valence electrons. The van der Waals surface area contributed by atoms with E-state index in [4.69, 9.17) is 4.74 Å². The summed E-state index contributed by atoms with van der Waals surface area (Å²) in [5.41, 5.74) is 1.87. The zero-order chi connectivity index (χ0) is 15.3. The highest BCUT2D eigenvalue weighted by Crippen LogP contribution is 2.35. The van der Waals surface area contributed by atoms with Crippen LogP contribution in [0, 0.1) is 6.92 Å². The van der Waals surface area contributed by atoms with Gasteiger partial charge in [0.25, 0.3) is 0 Å². The molecule has 4 heteroatoms. The standard InChI is InChI=1S/C17H26N2O2/c1-13-4-6-15(7-5-13)17(8-10-21-11-9-17)16(20)19-12-14(2)18-3/h4-7,14,18H,8-12H2,1-3H3,(H,19,20).